The van der Waals surface area contributed by atoms with E-state index in [1.807, 2.05) is 69.9 Å². The van der Waals surface area contributed by atoms with E-state index in [1.54, 1.807) is 0 Å². The topological polar surface area (TPSA) is 55.8 Å². The summed E-state index contributed by atoms with van der Waals surface area (Å²) in [5.74, 6) is -0.623. The van der Waals surface area contributed by atoms with E-state index in [4.69, 9.17) is 9.47 Å². The summed E-state index contributed by atoms with van der Waals surface area (Å²) in [4.78, 5) is 26.5. The maximum atomic E-state index is 12.6. The molecule has 0 heterocycles. The van der Waals surface area contributed by atoms with Crippen LogP contribution in [0.1, 0.15) is 53.0 Å². The van der Waals surface area contributed by atoms with Crippen LogP contribution in [0.2, 0.25) is 0 Å². The van der Waals surface area contributed by atoms with Gasteiger partial charge in [-0.15, -0.1) is 0 Å². The number of benzene rings is 1. The Labute approximate surface area is 151 Å². The van der Waals surface area contributed by atoms with Crippen LogP contribution in [0.15, 0.2) is 30.3 Å². The lowest BCUT2D eigenvalue weighted by Crippen LogP contribution is -2.45. The summed E-state index contributed by atoms with van der Waals surface area (Å²) in [6.45, 7) is 10.3. The van der Waals surface area contributed by atoms with Crippen LogP contribution in [0.25, 0.3) is 0 Å². The molecular weight excluding hydrogens is 318 g/mol. The van der Waals surface area contributed by atoms with Crippen molar-refractivity contribution in [3.63, 3.8) is 0 Å². The van der Waals surface area contributed by atoms with Crippen molar-refractivity contribution in [2.75, 3.05) is 13.1 Å². The minimum atomic E-state index is -0.537. The smallest absolute Gasteiger partial charge is 0.323 e. The quantitative estimate of drug-likeness (QED) is 0.638. The van der Waals surface area contributed by atoms with Gasteiger partial charge in [-0.2, -0.15) is 0 Å². The number of hydrogen-bond acceptors (Lipinski definition) is 5. The van der Waals surface area contributed by atoms with Crippen molar-refractivity contribution in [3.8, 4) is 0 Å². The number of hydrogen-bond donors (Lipinski definition) is 0. The minimum Gasteiger partial charge on any atom is -0.460 e. The van der Waals surface area contributed by atoms with E-state index in [2.05, 4.69) is 0 Å². The van der Waals surface area contributed by atoms with E-state index < -0.39 is 11.6 Å². The Kier molecular flexibility index (Phi) is 8.62. The second kappa shape index (κ2) is 10.2. The maximum Gasteiger partial charge on any atom is 0.323 e. The molecule has 1 atom stereocenters. The third kappa shape index (κ3) is 8.16. The SMILES string of the molecule is CCC[C@@H](C(=O)OCc1ccccc1)N(CC)CC(=O)OC(C)(C)C. The molecular formula is C20H31NO4. The zero-order chi connectivity index (χ0) is 18.9. The van der Waals surface area contributed by atoms with Gasteiger partial charge in [-0.05, 0) is 39.3 Å². The molecule has 0 amide bonds. The lowest BCUT2D eigenvalue weighted by atomic mass is 10.1. The molecule has 0 bridgehead atoms. The van der Waals surface area contributed by atoms with Crippen LogP contribution in [0.4, 0.5) is 0 Å². The lowest BCUT2D eigenvalue weighted by Gasteiger charge is -2.29. The zero-order valence-corrected chi connectivity index (χ0v) is 16.1. The minimum absolute atomic E-state index is 0.0822. The zero-order valence-electron chi connectivity index (χ0n) is 16.1. The fraction of sp³-hybridized carbons (Fsp3) is 0.600. The first kappa shape index (κ1) is 21.2. The van der Waals surface area contributed by atoms with Crippen LogP contribution in [0.3, 0.4) is 0 Å². The molecule has 0 fully saturated rings. The first-order chi connectivity index (χ1) is 11.8. The Morgan fingerprint density at radius 1 is 1.12 bits per heavy atom. The molecule has 0 aliphatic heterocycles. The molecule has 0 aliphatic carbocycles. The molecule has 0 saturated carbocycles. The average molecular weight is 349 g/mol. The van der Waals surface area contributed by atoms with E-state index in [-0.39, 0.29) is 25.1 Å². The van der Waals surface area contributed by atoms with Crippen LogP contribution >= 0.6 is 0 Å². The van der Waals surface area contributed by atoms with Gasteiger partial charge >= 0.3 is 11.9 Å². The van der Waals surface area contributed by atoms with Crippen molar-refractivity contribution in [1.29, 1.82) is 0 Å². The molecule has 0 radical (unpaired) electrons. The third-order valence-electron chi connectivity index (χ3n) is 3.66. The molecule has 5 heteroatoms. The van der Waals surface area contributed by atoms with Gasteiger partial charge in [0.2, 0.25) is 0 Å². The molecule has 0 N–H and O–H groups in total. The van der Waals surface area contributed by atoms with E-state index in [1.165, 1.54) is 0 Å². The number of ether oxygens (including phenoxy) is 2. The molecule has 140 valence electrons. The van der Waals surface area contributed by atoms with Crippen LogP contribution < -0.4 is 0 Å². The first-order valence-electron chi connectivity index (χ1n) is 8.93. The van der Waals surface area contributed by atoms with Crippen molar-refractivity contribution in [2.24, 2.45) is 0 Å². The summed E-state index contributed by atoms with van der Waals surface area (Å²) in [7, 11) is 0. The summed E-state index contributed by atoms with van der Waals surface area (Å²) in [6, 6.07) is 9.14. The van der Waals surface area contributed by atoms with Gasteiger partial charge in [0.1, 0.15) is 18.2 Å². The second-order valence-electron chi connectivity index (χ2n) is 7.05. The molecule has 0 aromatic heterocycles. The Morgan fingerprint density at radius 2 is 1.76 bits per heavy atom. The van der Waals surface area contributed by atoms with Crippen molar-refractivity contribution in [2.45, 2.75) is 65.7 Å². The molecule has 5 nitrogen and oxygen atoms in total. The largest absolute Gasteiger partial charge is 0.460 e. The van der Waals surface area contributed by atoms with Gasteiger partial charge < -0.3 is 9.47 Å². The fourth-order valence-electron chi connectivity index (χ4n) is 2.53. The highest BCUT2D eigenvalue weighted by Crippen LogP contribution is 2.13. The second-order valence-corrected chi connectivity index (χ2v) is 7.05. The van der Waals surface area contributed by atoms with Crippen molar-refractivity contribution in [3.05, 3.63) is 35.9 Å². The Balaban J connectivity index is 2.70. The molecule has 1 rings (SSSR count). The van der Waals surface area contributed by atoms with Crippen LogP contribution in [-0.2, 0) is 25.7 Å². The molecule has 1 aromatic carbocycles. The first-order valence-corrected chi connectivity index (χ1v) is 8.93. The number of esters is 2. The normalized spacial score (nSPS) is 12.7. The lowest BCUT2D eigenvalue weighted by molar-refractivity contribution is -0.159. The van der Waals surface area contributed by atoms with Gasteiger partial charge in [-0.1, -0.05) is 50.6 Å². The Morgan fingerprint density at radius 3 is 2.28 bits per heavy atom. The summed E-state index contributed by atoms with van der Waals surface area (Å²) >= 11 is 0. The van der Waals surface area contributed by atoms with Gasteiger partial charge in [-0.3, -0.25) is 14.5 Å². The number of rotatable bonds is 9. The number of likely N-dealkylation sites (N-methyl/N-ethyl adjacent to an activating group) is 1. The molecule has 25 heavy (non-hydrogen) atoms. The summed E-state index contributed by atoms with van der Waals surface area (Å²) in [6.07, 6.45) is 1.47. The summed E-state index contributed by atoms with van der Waals surface area (Å²) in [5, 5.41) is 0. The molecule has 0 aliphatic rings. The van der Waals surface area contributed by atoms with Gasteiger partial charge in [-0.25, -0.2) is 0 Å². The maximum absolute atomic E-state index is 12.6. The van der Waals surface area contributed by atoms with E-state index in [0.29, 0.717) is 13.0 Å². The predicted octanol–water partition coefficient (Wildman–Crippen LogP) is 3.56. The highest BCUT2D eigenvalue weighted by atomic mass is 16.6. The van der Waals surface area contributed by atoms with Crippen molar-refractivity contribution >= 4 is 11.9 Å². The fourth-order valence-corrected chi connectivity index (χ4v) is 2.53. The van der Waals surface area contributed by atoms with E-state index >= 15 is 0 Å². The highest BCUT2D eigenvalue weighted by molar-refractivity contribution is 5.78. The molecule has 0 saturated heterocycles. The predicted molar refractivity (Wildman–Crippen MR) is 98.0 cm³/mol. The molecule has 0 spiro atoms. The Hall–Kier alpha value is -1.88. The van der Waals surface area contributed by atoms with Gasteiger partial charge in [0.15, 0.2) is 0 Å². The van der Waals surface area contributed by atoms with Gasteiger partial charge in [0, 0.05) is 0 Å². The summed E-state index contributed by atoms with van der Waals surface area (Å²) < 4.78 is 10.8. The van der Waals surface area contributed by atoms with Crippen molar-refractivity contribution < 1.29 is 19.1 Å². The number of carbonyl (C=O) groups excluding carboxylic acids is 2. The van der Waals surface area contributed by atoms with Crippen LogP contribution in [-0.4, -0.2) is 41.6 Å². The number of carbonyl (C=O) groups is 2. The third-order valence-corrected chi connectivity index (χ3v) is 3.66. The highest BCUT2D eigenvalue weighted by Gasteiger charge is 2.28. The van der Waals surface area contributed by atoms with E-state index in [9.17, 15) is 9.59 Å². The monoisotopic (exact) mass is 349 g/mol. The van der Waals surface area contributed by atoms with Gasteiger partial charge in [0.05, 0.1) is 6.54 Å². The van der Waals surface area contributed by atoms with Crippen LogP contribution in [0.5, 0.6) is 0 Å². The molecule has 0 unspecified atom stereocenters. The summed E-state index contributed by atoms with van der Waals surface area (Å²) in [5.41, 5.74) is 0.409. The standard InChI is InChI=1S/C20H31NO4/c1-6-11-17(19(23)24-15-16-12-9-8-10-13-16)21(7-2)14-18(22)25-20(3,4)5/h8-10,12-13,17H,6-7,11,14-15H2,1-5H3/t17-/m0/s1. The number of nitrogens with zero attached hydrogens (tertiary/aromatic N) is 1. The van der Waals surface area contributed by atoms with E-state index in [0.717, 1.165) is 12.0 Å². The average Bonchev–Trinajstić information content (AvgIpc) is 2.55. The van der Waals surface area contributed by atoms with Crippen molar-refractivity contribution in [1.82, 2.24) is 4.90 Å². The molecule has 1 aromatic rings. The Bertz CT molecular complexity index is 536. The van der Waals surface area contributed by atoms with Gasteiger partial charge in [0.25, 0.3) is 0 Å². The van der Waals surface area contributed by atoms with Crippen LogP contribution in [0, 0.1) is 0 Å².